The Bertz CT molecular complexity index is 1180. The number of nitrogens with one attached hydrogen (secondary N) is 1. The van der Waals surface area contributed by atoms with Crippen LogP contribution in [0.3, 0.4) is 0 Å². The third kappa shape index (κ3) is 5.37. The van der Waals surface area contributed by atoms with E-state index in [0.29, 0.717) is 56.4 Å². The molecule has 0 spiro atoms. The highest BCUT2D eigenvalue weighted by Gasteiger charge is 2.23. The fourth-order valence-corrected chi connectivity index (χ4v) is 4.61. The van der Waals surface area contributed by atoms with Crippen LogP contribution < -0.4 is 10.2 Å². The number of amides is 1. The number of hydrogen-bond acceptors (Lipinski definition) is 7. The minimum absolute atomic E-state index is 0.00288. The molecule has 1 aromatic carbocycles. The minimum Gasteiger partial charge on any atom is -0.378 e. The van der Waals surface area contributed by atoms with Crippen LogP contribution >= 0.6 is 0 Å². The Morgan fingerprint density at radius 1 is 1.29 bits per heavy atom. The molecule has 2 aliphatic heterocycles. The van der Waals surface area contributed by atoms with Gasteiger partial charge in [0.2, 0.25) is 0 Å². The van der Waals surface area contributed by atoms with E-state index in [-0.39, 0.29) is 22.3 Å². The van der Waals surface area contributed by atoms with Gasteiger partial charge >= 0.3 is 0 Å². The first kappa shape index (κ1) is 24.4. The Morgan fingerprint density at radius 3 is 2.71 bits per heavy atom. The molecule has 3 heterocycles. The van der Waals surface area contributed by atoms with Crippen molar-refractivity contribution in [1.29, 1.82) is 5.26 Å². The Kier molecular flexibility index (Phi) is 7.48. The molecular weight excluding hydrogens is 450 g/mol. The highest BCUT2D eigenvalue weighted by molar-refractivity contribution is 6.01. The normalized spacial score (nSPS) is 18.4. The van der Waals surface area contributed by atoms with Gasteiger partial charge in [-0.3, -0.25) is 14.9 Å². The summed E-state index contributed by atoms with van der Waals surface area (Å²) in [5, 5.41) is 24.2. The highest BCUT2D eigenvalue weighted by atomic mass is 16.6. The van der Waals surface area contributed by atoms with Crippen molar-refractivity contribution in [3.05, 3.63) is 56.9 Å². The quantitative estimate of drug-likeness (QED) is 0.280. The van der Waals surface area contributed by atoms with E-state index >= 15 is 0 Å². The number of benzene rings is 1. The molecule has 0 saturated carbocycles. The van der Waals surface area contributed by atoms with Gasteiger partial charge in [0, 0.05) is 43.7 Å². The summed E-state index contributed by atoms with van der Waals surface area (Å²) in [6.07, 6.45) is 3.41. The van der Waals surface area contributed by atoms with Crippen LogP contribution in [0.1, 0.15) is 29.8 Å². The molecule has 2 fully saturated rings. The lowest BCUT2D eigenvalue weighted by Gasteiger charge is -2.28. The lowest BCUT2D eigenvalue weighted by Crippen LogP contribution is -2.36. The number of hydrogen-bond donors (Lipinski definition) is 1. The number of carbonyl (C=O) groups is 1. The first-order valence-corrected chi connectivity index (χ1v) is 11.7. The van der Waals surface area contributed by atoms with Gasteiger partial charge in [-0.1, -0.05) is 0 Å². The lowest BCUT2D eigenvalue weighted by atomic mass is 10.1. The molecule has 0 radical (unpaired) electrons. The van der Waals surface area contributed by atoms with Crippen LogP contribution in [-0.4, -0.2) is 61.0 Å². The summed E-state index contributed by atoms with van der Waals surface area (Å²) >= 11 is 0. The molecule has 1 aromatic heterocycles. The monoisotopic (exact) mass is 479 g/mol. The van der Waals surface area contributed by atoms with Crippen molar-refractivity contribution >= 4 is 23.4 Å². The van der Waals surface area contributed by atoms with Crippen LogP contribution in [0.25, 0.3) is 11.8 Å². The summed E-state index contributed by atoms with van der Waals surface area (Å²) in [6, 6.07) is 9.04. The van der Waals surface area contributed by atoms with Gasteiger partial charge in [-0.05, 0) is 56.5 Å². The number of morpholine rings is 1. The molecule has 1 atom stereocenters. The summed E-state index contributed by atoms with van der Waals surface area (Å²) in [5.41, 5.74) is 3.54. The van der Waals surface area contributed by atoms with Crippen molar-refractivity contribution < 1.29 is 19.2 Å². The molecule has 4 rings (SSSR count). The maximum atomic E-state index is 12.6. The number of nitro groups is 1. The topological polar surface area (TPSA) is 123 Å². The zero-order valence-electron chi connectivity index (χ0n) is 20.0. The maximum Gasteiger partial charge on any atom is 0.294 e. The number of carbonyl (C=O) groups excluding carboxylic acids is 1. The molecule has 2 aromatic rings. The zero-order valence-corrected chi connectivity index (χ0v) is 20.0. The second kappa shape index (κ2) is 10.7. The van der Waals surface area contributed by atoms with Crippen LogP contribution in [-0.2, 0) is 14.3 Å². The van der Waals surface area contributed by atoms with E-state index in [1.165, 1.54) is 0 Å². The minimum atomic E-state index is -0.446. The number of ether oxygens (including phenoxy) is 2. The number of nitro benzene ring substituents is 1. The van der Waals surface area contributed by atoms with Crippen molar-refractivity contribution in [3.8, 4) is 11.8 Å². The first-order chi connectivity index (χ1) is 16.9. The fraction of sp³-hybridized carbons (Fsp3) is 0.440. The second-order valence-electron chi connectivity index (χ2n) is 8.71. The Balaban J connectivity index is 1.61. The second-order valence-corrected chi connectivity index (χ2v) is 8.71. The van der Waals surface area contributed by atoms with E-state index in [0.717, 1.165) is 24.2 Å². The number of rotatable bonds is 7. The van der Waals surface area contributed by atoms with Crippen LogP contribution in [0.2, 0.25) is 0 Å². The van der Waals surface area contributed by atoms with E-state index in [2.05, 4.69) is 5.32 Å². The smallest absolute Gasteiger partial charge is 0.294 e. The van der Waals surface area contributed by atoms with Gasteiger partial charge < -0.3 is 24.3 Å². The summed E-state index contributed by atoms with van der Waals surface area (Å²) in [6.45, 7) is 7.08. The zero-order chi connectivity index (χ0) is 24.9. The van der Waals surface area contributed by atoms with E-state index in [1.54, 1.807) is 18.2 Å². The molecular formula is C25H29N5O5. The Hall–Kier alpha value is -3.68. The third-order valence-corrected chi connectivity index (χ3v) is 6.42. The number of aryl methyl sites for hydroxylation is 1. The summed E-state index contributed by atoms with van der Waals surface area (Å²) in [5.74, 6) is -0.446. The molecule has 1 amide bonds. The largest absolute Gasteiger partial charge is 0.378 e. The SMILES string of the molecule is Cc1cc(C=C(C#N)C(=O)NCC2CCCO2)c(C)n1-c1ccc(N2CCOCC2)c([N+](=O)[O-])c1. The van der Waals surface area contributed by atoms with Crippen molar-refractivity contribution in [3.63, 3.8) is 0 Å². The van der Waals surface area contributed by atoms with Crippen molar-refractivity contribution in [2.45, 2.75) is 32.8 Å². The Morgan fingerprint density at radius 2 is 2.06 bits per heavy atom. The molecule has 35 heavy (non-hydrogen) atoms. The molecule has 10 nitrogen and oxygen atoms in total. The van der Waals surface area contributed by atoms with Crippen LogP contribution in [0.5, 0.6) is 0 Å². The third-order valence-electron chi connectivity index (χ3n) is 6.42. The average Bonchev–Trinajstić information content (AvgIpc) is 3.48. The molecule has 0 bridgehead atoms. The number of nitriles is 1. The molecule has 184 valence electrons. The summed E-state index contributed by atoms with van der Waals surface area (Å²) in [7, 11) is 0. The standard InChI is InChI=1S/C25H29N5O5/c1-17-12-19(13-20(15-26)25(31)27-16-22-4-3-9-35-22)18(2)29(17)21-5-6-23(24(14-21)30(32)33)28-7-10-34-11-8-28/h5-6,12-14,22H,3-4,7-11,16H2,1-2H3,(H,27,31). The van der Waals surface area contributed by atoms with E-state index in [1.807, 2.05) is 41.5 Å². The molecule has 2 aliphatic rings. The first-order valence-electron chi connectivity index (χ1n) is 11.7. The van der Waals surface area contributed by atoms with Gasteiger partial charge in [0.25, 0.3) is 11.6 Å². The van der Waals surface area contributed by atoms with E-state index < -0.39 is 5.91 Å². The van der Waals surface area contributed by atoms with E-state index in [9.17, 15) is 20.2 Å². The maximum absolute atomic E-state index is 12.6. The van der Waals surface area contributed by atoms with Crippen LogP contribution in [0, 0.1) is 35.3 Å². The molecule has 2 saturated heterocycles. The predicted octanol–water partition coefficient (Wildman–Crippen LogP) is 3.04. The van der Waals surface area contributed by atoms with Crippen LogP contribution in [0.4, 0.5) is 11.4 Å². The fourth-order valence-electron chi connectivity index (χ4n) is 4.61. The molecule has 1 unspecified atom stereocenters. The number of anilines is 1. The van der Waals surface area contributed by atoms with Crippen molar-refractivity contribution in [2.75, 3.05) is 44.4 Å². The van der Waals surface area contributed by atoms with Crippen molar-refractivity contribution in [2.24, 2.45) is 0 Å². The van der Waals surface area contributed by atoms with Gasteiger partial charge in [-0.25, -0.2) is 0 Å². The van der Waals surface area contributed by atoms with E-state index in [4.69, 9.17) is 9.47 Å². The van der Waals surface area contributed by atoms with Gasteiger partial charge in [0.1, 0.15) is 17.3 Å². The molecule has 0 aliphatic carbocycles. The van der Waals surface area contributed by atoms with Crippen molar-refractivity contribution in [1.82, 2.24) is 9.88 Å². The molecule has 1 N–H and O–H groups in total. The lowest BCUT2D eigenvalue weighted by molar-refractivity contribution is -0.384. The van der Waals surface area contributed by atoms with Gasteiger partial charge in [0.15, 0.2) is 0 Å². The summed E-state index contributed by atoms with van der Waals surface area (Å²) in [4.78, 5) is 26.0. The average molecular weight is 480 g/mol. The number of nitrogens with zero attached hydrogens (tertiary/aromatic N) is 4. The van der Waals surface area contributed by atoms with Gasteiger partial charge in [-0.15, -0.1) is 0 Å². The highest BCUT2D eigenvalue weighted by Crippen LogP contribution is 2.33. The predicted molar refractivity (Wildman–Crippen MR) is 131 cm³/mol. The molecule has 10 heteroatoms. The Labute approximate surface area is 203 Å². The number of aromatic nitrogens is 1. The summed E-state index contributed by atoms with van der Waals surface area (Å²) < 4.78 is 12.8. The van der Waals surface area contributed by atoms with Crippen LogP contribution in [0.15, 0.2) is 29.8 Å². The van der Waals surface area contributed by atoms with Gasteiger partial charge in [0.05, 0.1) is 29.9 Å². The van der Waals surface area contributed by atoms with Gasteiger partial charge in [-0.2, -0.15) is 5.26 Å².